The molecule has 2 fully saturated rings. The molecule has 25 heavy (non-hydrogen) atoms. The molecule has 1 aliphatic heterocycles. The predicted octanol–water partition coefficient (Wildman–Crippen LogP) is 3.49. The van der Waals surface area contributed by atoms with Crippen LogP contribution in [0.2, 0.25) is 0 Å². The molecule has 1 aliphatic carbocycles. The highest BCUT2D eigenvalue weighted by molar-refractivity contribution is 5.15. The first-order chi connectivity index (χ1) is 11.9. The highest BCUT2D eigenvalue weighted by Crippen LogP contribution is 2.36. The van der Waals surface area contributed by atoms with Crippen molar-refractivity contribution < 1.29 is 10.2 Å². The molecule has 1 saturated carbocycles. The number of aliphatic hydroxyl groups is 2. The van der Waals surface area contributed by atoms with E-state index in [4.69, 9.17) is 0 Å². The van der Waals surface area contributed by atoms with E-state index >= 15 is 0 Å². The van der Waals surface area contributed by atoms with Gasteiger partial charge in [-0.05, 0) is 69.5 Å². The van der Waals surface area contributed by atoms with Gasteiger partial charge in [-0.15, -0.1) is 0 Å². The van der Waals surface area contributed by atoms with Gasteiger partial charge in [0.1, 0.15) is 0 Å². The quantitative estimate of drug-likeness (QED) is 0.858. The van der Waals surface area contributed by atoms with E-state index in [1.807, 2.05) is 6.92 Å². The van der Waals surface area contributed by atoms with Crippen LogP contribution < -0.4 is 0 Å². The van der Waals surface area contributed by atoms with Crippen LogP contribution in [0.15, 0.2) is 30.3 Å². The van der Waals surface area contributed by atoms with Gasteiger partial charge in [0.15, 0.2) is 0 Å². The van der Waals surface area contributed by atoms with Crippen molar-refractivity contribution >= 4 is 0 Å². The van der Waals surface area contributed by atoms with E-state index in [9.17, 15) is 10.2 Å². The summed E-state index contributed by atoms with van der Waals surface area (Å²) in [5, 5.41) is 21.5. The number of nitrogens with zero attached hydrogens (tertiary/aromatic N) is 1. The highest BCUT2D eigenvalue weighted by Gasteiger charge is 2.41. The molecule has 0 amide bonds. The maximum Gasteiger partial charge on any atom is 0.0798 e. The minimum Gasteiger partial charge on any atom is -0.393 e. The molecule has 1 saturated heterocycles. The van der Waals surface area contributed by atoms with Crippen molar-refractivity contribution in [2.45, 2.75) is 64.1 Å². The van der Waals surface area contributed by atoms with Crippen LogP contribution in [-0.2, 0) is 6.42 Å². The molecule has 3 nitrogen and oxygen atoms in total. The molecule has 3 rings (SSSR count). The fourth-order valence-electron chi connectivity index (χ4n) is 4.94. The lowest BCUT2D eigenvalue weighted by molar-refractivity contribution is -0.100. The summed E-state index contributed by atoms with van der Waals surface area (Å²) in [4.78, 5) is 2.41. The molecule has 140 valence electrons. The minimum absolute atomic E-state index is 0.0192. The lowest BCUT2D eigenvalue weighted by Crippen LogP contribution is -2.53. The van der Waals surface area contributed by atoms with E-state index in [0.29, 0.717) is 12.5 Å². The predicted molar refractivity (Wildman–Crippen MR) is 102 cm³/mol. The van der Waals surface area contributed by atoms with Gasteiger partial charge >= 0.3 is 0 Å². The van der Waals surface area contributed by atoms with E-state index in [0.717, 1.165) is 38.3 Å². The van der Waals surface area contributed by atoms with Gasteiger partial charge in [0, 0.05) is 12.5 Å². The molecular weight excluding hydrogens is 310 g/mol. The van der Waals surface area contributed by atoms with Crippen molar-refractivity contribution in [3.05, 3.63) is 35.9 Å². The van der Waals surface area contributed by atoms with Crippen LogP contribution in [0.4, 0.5) is 0 Å². The molecule has 1 heterocycles. The third kappa shape index (κ3) is 5.06. The molecule has 0 spiro atoms. The van der Waals surface area contributed by atoms with Crippen molar-refractivity contribution in [1.82, 2.24) is 4.90 Å². The molecule has 0 bridgehead atoms. The van der Waals surface area contributed by atoms with Crippen LogP contribution in [0.1, 0.15) is 51.5 Å². The van der Waals surface area contributed by atoms with Crippen LogP contribution in [0, 0.1) is 17.8 Å². The zero-order chi connectivity index (χ0) is 17.9. The van der Waals surface area contributed by atoms with Crippen molar-refractivity contribution in [2.75, 3.05) is 19.6 Å². The summed E-state index contributed by atoms with van der Waals surface area (Å²) in [7, 11) is 0. The third-order valence-corrected chi connectivity index (χ3v) is 6.50. The first-order valence-corrected chi connectivity index (χ1v) is 10.1. The van der Waals surface area contributed by atoms with Crippen LogP contribution in [0.3, 0.4) is 0 Å². The summed E-state index contributed by atoms with van der Waals surface area (Å²) < 4.78 is 0. The number of hydrogen-bond donors (Lipinski definition) is 2. The summed E-state index contributed by atoms with van der Waals surface area (Å²) >= 11 is 0. The normalized spacial score (nSPS) is 31.6. The number of hydrogen-bond acceptors (Lipinski definition) is 3. The van der Waals surface area contributed by atoms with Crippen LogP contribution >= 0.6 is 0 Å². The number of piperidine rings is 1. The third-order valence-electron chi connectivity index (χ3n) is 6.50. The Hall–Kier alpha value is -0.900. The van der Waals surface area contributed by atoms with Crippen LogP contribution in [0.5, 0.6) is 0 Å². The van der Waals surface area contributed by atoms with Gasteiger partial charge < -0.3 is 15.1 Å². The van der Waals surface area contributed by atoms with Crippen molar-refractivity contribution in [3.8, 4) is 0 Å². The first kappa shape index (κ1) is 18.9. The standard InChI is InChI=1S/C22H35NO2/c1-17-8-9-20(21(24)14-17)22(2,25)16-23-12-10-19(11-13-23)15-18-6-4-3-5-7-18/h3-7,17,19-21,24-25H,8-16H2,1-2H3/t17-,20-,21+,22+/m1/s1. The van der Waals surface area contributed by atoms with E-state index in [1.165, 1.54) is 24.8 Å². The fraction of sp³-hybridized carbons (Fsp3) is 0.727. The maximum atomic E-state index is 11.0. The van der Waals surface area contributed by atoms with E-state index < -0.39 is 5.60 Å². The summed E-state index contributed by atoms with van der Waals surface area (Å²) in [6, 6.07) is 10.8. The summed E-state index contributed by atoms with van der Waals surface area (Å²) in [5.41, 5.74) is 0.652. The second-order valence-electron chi connectivity index (χ2n) is 8.86. The average Bonchev–Trinajstić information content (AvgIpc) is 2.57. The molecular formula is C22H35NO2. The smallest absolute Gasteiger partial charge is 0.0798 e. The Morgan fingerprint density at radius 2 is 1.76 bits per heavy atom. The Labute approximate surface area is 153 Å². The molecule has 1 aromatic carbocycles. The molecule has 0 radical (unpaired) electrons. The number of β-amino-alcohol motifs (C(OH)–C–C–N with tert-alkyl or cyclic N) is 1. The summed E-state index contributed by atoms with van der Waals surface area (Å²) in [6.07, 6.45) is 6.13. The molecule has 1 aromatic rings. The zero-order valence-corrected chi connectivity index (χ0v) is 15.9. The van der Waals surface area contributed by atoms with Crippen molar-refractivity contribution in [1.29, 1.82) is 0 Å². The van der Waals surface area contributed by atoms with E-state index in [-0.39, 0.29) is 12.0 Å². The summed E-state index contributed by atoms with van der Waals surface area (Å²) in [5.74, 6) is 1.35. The maximum absolute atomic E-state index is 11.0. The van der Waals surface area contributed by atoms with Gasteiger partial charge in [0.2, 0.25) is 0 Å². The zero-order valence-electron chi connectivity index (χ0n) is 15.9. The van der Waals surface area contributed by atoms with Gasteiger partial charge in [0.05, 0.1) is 11.7 Å². The van der Waals surface area contributed by atoms with Gasteiger partial charge in [0.25, 0.3) is 0 Å². The largest absolute Gasteiger partial charge is 0.393 e. The fourth-order valence-corrected chi connectivity index (χ4v) is 4.94. The second kappa shape index (κ2) is 8.20. The average molecular weight is 346 g/mol. The Kier molecular flexibility index (Phi) is 6.19. The monoisotopic (exact) mass is 345 g/mol. The summed E-state index contributed by atoms with van der Waals surface area (Å²) in [6.45, 7) is 6.96. The second-order valence-corrected chi connectivity index (χ2v) is 8.86. The number of benzene rings is 1. The molecule has 4 atom stereocenters. The minimum atomic E-state index is -0.786. The number of rotatable bonds is 5. The number of likely N-dealkylation sites (tertiary alicyclic amines) is 1. The van der Waals surface area contributed by atoms with Crippen LogP contribution in [0.25, 0.3) is 0 Å². The molecule has 0 unspecified atom stereocenters. The molecule has 0 aromatic heterocycles. The molecule has 2 aliphatic rings. The molecule has 3 heteroatoms. The Morgan fingerprint density at radius 3 is 2.40 bits per heavy atom. The first-order valence-electron chi connectivity index (χ1n) is 10.1. The Bertz CT molecular complexity index is 522. The van der Waals surface area contributed by atoms with Gasteiger partial charge in [-0.1, -0.05) is 43.7 Å². The van der Waals surface area contributed by atoms with Gasteiger partial charge in [-0.2, -0.15) is 0 Å². The lowest BCUT2D eigenvalue weighted by Gasteiger charge is -2.44. The Balaban J connectivity index is 1.48. The molecule has 2 N–H and O–H groups in total. The van der Waals surface area contributed by atoms with E-state index in [1.54, 1.807) is 0 Å². The van der Waals surface area contributed by atoms with Crippen LogP contribution in [-0.4, -0.2) is 46.5 Å². The van der Waals surface area contributed by atoms with Gasteiger partial charge in [-0.25, -0.2) is 0 Å². The van der Waals surface area contributed by atoms with Gasteiger partial charge in [-0.3, -0.25) is 0 Å². The van der Waals surface area contributed by atoms with Crippen molar-refractivity contribution in [2.24, 2.45) is 17.8 Å². The number of aliphatic hydroxyl groups excluding tert-OH is 1. The SMILES string of the molecule is C[C@@H]1CC[C@@H]([C@@](C)(O)CN2CCC(Cc3ccccc3)CC2)[C@@H](O)C1. The van der Waals surface area contributed by atoms with E-state index in [2.05, 4.69) is 42.2 Å². The Morgan fingerprint density at radius 1 is 1.08 bits per heavy atom. The highest BCUT2D eigenvalue weighted by atomic mass is 16.3. The lowest BCUT2D eigenvalue weighted by atomic mass is 9.72. The topological polar surface area (TPSA) is 43.7 Å². The van der Waals surface area contributed by atoms with Crippen molar-refractivity contribution in [3.63, 3.8) is 0 Å².